The van der Waals surface area contributed by atoms with Gasteiger partial charge in [0, 0.05) is 6.42 Å². The predicted molar refractivity (Wildman–Crippen MR) is 75.9 cm³/mol. The molecule has 0 heterocycles. The van der Waals surface area contributed by atoms with Crippen molar-refractivity contribution >= 4 is 11.8 Å². The number of primary amides is 1. The molecular weight excluding hydrogens is 297 g/mol. The molecule has 0 aliphatic carbocycles. The highest BCUT2D eigenvalue weighted by Gasteiger charge is 2.30. The summed E-state index contributed by atoms with van der Waals surface area (Å²) in [7, 11) is 0. The average molecular weight is 316 g/mol. The smallest absolute Gasteiger partial charge is 0.368 e. The van der Waals surface area contributed by atoms with Crippen LogP contribution in [0.4, 0.5) is 13.2 Å². The fourth-order valence-corrected chi connectivity index (χ4v) is 1.86. The van der Waals surface area contributed by atoms with Crippen LogP contribution in [0, 0.1) is 0 Å². The van der Waals surface area contributed by atoms with Gasteiger partial charge in [-0.05, 0) is 37.5 Å². The lowest BCUT2D eigenvalue weighted by molar-refractivity contribution is -0.137. The normalized spacial score (nSPS) is 13.5. The van der Waals surface area contributed by atoms with Crippen LogP contribution in [0.15, 0.2) is 24.3 Å². The number of benzene rings is 1. The van der Waals surface area contributed by atoms with E-state index >= 15 is 0 Å². The highest BCUT2D eigenvalue weighted by Crippen LogP contribution is 2.30. The number of halogens is 3. The Labute approximate surface area is 126 Å². The Balaban J connectivity index is 2.71. The van der Waals surface area contributed by atoms with Crippen LogP contribution in [0.2, 0.25) is 0 Å². The summed E-state index contributed by atoms with van der Waals surface area (Å²) >= 11 is 0. The van der Waals surface area contributed by atoms with E-state index in [4.69, 9.17) is 5.73 Å². The van der Waals surface area contributed by atoms with Gasteiger partial charge in [0.15, 0.2) is 0 Å². The van der Waals surface area contributed by atoms with Crippen molar-refractivity contribution < 1.29 is 22.8 Å². The van der Waals surface area contributed by atoms with Crippen LogP contribution in [0.25, 0.3) is 0 Å². The molecule has 0 saturated heterocycles. The molecular formula is C15H19F3N2O2. The molecule has 7 heteroatoms. The van der Waals surface area contributed by atoms with Crippen LogP contribution >= 0.6 is 0 Å². The first-order chi connectivity index (χ1) is 9.93. The summed E-state index contributed by atoms with van der Waals surface area (Å²) in [4.78, 5) is 23.0. The number of carbonyl (C=O) groups excluding carboxylic acids is 2. The maximum atomic E-state index is 12.5. The van der Waals surface area contributed by atoms with Crippen molar-refractivity contribution in [2.45, 2.75) is 44.8 Å². The van der Waals surface area contributed by atoms with Crippen molar-refractivity contribution in [3.63, 3.8) is 0 Å². The Hall–Kier alpha value is -2.05. The van der Waals surface area contributed by atoms with E-state index in [9.17, 15) is 22.8 Å². The number of nitrogens with one attached hydrogen (secondary N) is 1. The van der Waals surface area contributed by atoms with E-state index in [1.54, 1.807) is 6.92 Å². The molecule has 1 atom stereocenters. The molecule has 1 rings (SSSR count). The molecule has 0 spiro atoms. The van der Waals surface area contributed by atoms with Crippen molar-refractivity contribution in [3.8, 4) is 0 Å². The Morgan fingerprint density at radius 1 is 1.18 bits per heavy atom. The molecule has 0 aliphatic heterocycles. The van der Waals surface area contributed by atoms with Gasteiger partial charge in [-0.15, -0.1) is 0 Å². The largest absolute Gasteiger partial charge is 0.416 e. The van der Waals surface area contributed by atoms with E-state index < -0.39 is 29.1 Å². The first-order valence-electron chi connectivity index (χ1n) is 6.71. The van der Waals surface area contributed by atoms with Crippen LogP contribution < -0.4 is 11.1 Å². The quantitative estimate of drug-likeness (QED) is 0.876. The van der Waals surface area contributed by atoms with Gasteiger partial charge in [0.1, 0.15) is 5.54 Å². The first kappa shape index (κ1) is 18.0. The topological polar surface area (TPSA) is 72.2 Å². The summed E-state index contributed by atoms with van der Waals surface area (Å²) in [5, 5.41) is 2.50. The highest BCUT2D eigenvalue weighted by atomic mass is 19.4. The van der Waals surface area contributed by atoms with Gasteiger partial charge >= 0.3 is 6.18 Å². The average Bonchev–Trinajstić information content (AvgIpc) is 2.36. The third-order valence-corrected chi connectivity index (χ3v) is 3.37. The zero-order chi connectivity index (χ0) is 17.1. The number of nitrogens with two attached hydrogens (primary N) is 1. The molecule has 3 N–H and O–H groups in total. The minimum atomic E-state index is -4.38. The van der Waals surface area contributed by atoms with Crippen molar-refractivity contribution in [2.75, 3.05) is 0 Å². The molecule has 0 unspecified atom stereocenters. The van der Waals surface area contributed by atoms with Crippen LogP contribution in [-0.2, 0) is 15.8 Å². The number of carbonyl (C=O) groups is 2. The molecule has 1 aromatic rings. The van der Waals surface area contributed by atoms with Crippen LogP contribution in [0.3, 0.4) is 0 Å². The van der Waals surface area contributed by atoms with Gasteiger partial charge in [0.25, 0.3) is 0 Å². The molecule has 0 aromatic heterocycles. The van der Waals surface area contributed by atoms with E-state index in [1.165, 1.54) is 26.0 Å². The summed E-state index contributed by atoms with van der Waals surface area (Å²) in [6.07, 6.45) is -4.34. The van der Waals surface area contributed by atoms with Crippen molar-refractivity contribution in [3.05, 3.63) is 35.4 Å². The van der Waals surface area contributed by atoms with Gasteiger partial charge in [-0.3, -0.25) is 9.59 Å². The molecule has 122 valence electrons. The third kappa shape index (κ3) is 4.75. The SMILES string of the molecule is C[C@H](CC(=O)NC(C)(C)C(N)=O)c1ccc(C(F)(F)F)cc1. The number of hydrogen-bond acceptors (Lipinski definition) is 2. The summed E-state index contributed by atoms with van der Waals surface area (Å²) < 4.78 is 37.5. The zero-order valence-corrected chi connectivity index (χ0v) is 12.6. The van der Waals surface area contributed by atoms with Crippen LogP contribution in [-0.4, -0.2) is 17.4 Å². The number of amides is 2. The summed E-state index contributed by atoms with van der Waals surface area (Å²) in [5.41, 5.74) is 3.87. The number of hydrogen-bond donors (Lipinski definition) is 2. The fraction of sp³-hybridized carbons (Fsp3) is 0.467. The third-order valence-electron chi connectivity index (χ3n) is 3.37. The Morgan fingerprint density at radius 3 is 2.09 bits per heavy atom. The lowest BCUT2D eigenvalue weighted by Gasteiger charge is -2.23. The lowest BCUT2D eigenvalue weighted by atomic mass is 9.95. The predicted octanol–water partition coefficient (Wildman–Crippen LogP) is 2.58. The van der Waals surface area contributed by atoms with E-state index in [-0.39, 0.29) is 12.3 Å². The van der Waals surface area contributed by atoms with E-state index in [0.717, 1.165) is 12.1 Å². The van der Waals surface area contributed by atoms with Crippen molar-refractivity contribution in [2.24, 2.45) is 5.73 Å². The van der Waals surface area contributed by atoms with Gasteiger partial charge in [-0.1, -0.05) is 19.1 Å². The molecule has 22 heavy (non-hydrogen) atoms. The van der Waals surface area contributed by atoms with Gasteiger partial charge in [0.2, 0.25) is 11.8 Å². The van der Waals surface area contributed by atoms with Crippen molar-refractivity contribution in [1.82, 2.24) is 5.32 Å². The second-order valence-electron chi connectivity index (χ2n) is 5.76. The second kappa shape index (κ2) is 6.37. The Morgan fingerprint density at radius 2 is 1.68 bits per heavy atom. The van der Waals surface area contributed by atoms with Crippen LogP contribution in [0.1, 0.15) is 44.2 Å². The van der Waals surface area contributed by atoms with E-state index in [2.05, 4.69) is 5.32 Å². The second-order valence-corrected chi connectivity index (χ2v) is 5.76. The summed E-state index contributed by atoms with van der Waals surface area (Å²) in [6, 6.07) is 4.66. The highest BCUT2D eigenvalue weighted by molar-refractivity contribution is 5.89. The maximum absolute atomic E-state index is 12.5. The van der Waals surface area contributed by atoms with Crippen LogP contribution in [0.5, 0.6) is 0 Å². The summed E-state index contributed by atoms with van der Waals surface area (Å²) in [5.74, 6) is -1.34. The van der Waals surface area contributed by atoms with E-state index in [0.29, 0.717) is 5.56 Å². The Kier molecular flexibility index (Phi) is 5.22. The zero-order valence-electron chi connectivity index (χ0n) is 12.6. The molecule has 0 aliphatic rings. The fourth-order valence-electron chi connectivity index (χ4n) is 1.86. The molecule has 0 saturated carbocycles. The molecule has 4 nitrogen and oxygen atoms in total. The van der Waals surface area contributed by atoms with Gasteiger partial charge < -0.3 is 11.1 Å². The first-order valence-corrected chi connectivity index (χ1v) is 6.71. The van der Waals surface area contributed by atoms with Gasteiger partial charge in [0.05, 0.1) is 5.56 Å². The monoisotopic (exact) mass is 316 g/mol. The number of alkyl halides is 3. The molecule has 0 bridgehead atoms. The minimum Gasteiger partial charge on any atom is -0.368 e. The molecule has 0 fully saturated rings. The number of rotatable bonds is 5. The molecule has 1 aromatic carbocycles. The van der Waals surface area contributed by atoms with Crippen molar-refractivity contribution in [1.29, 1.82) is 0 Å². The summed E-state index contributed by atoms with van der Waals surface area (Å²) in [6.45, 7) is 4.69. The standard InChI is InChI=1S/C15H19F3N2O2/c1-9(8-12(21)20-14(2,3)13(19)22)10-4-6-11(7-5-10)15(16,17)18/h4-7,9H,8H2,1-3H3,(H2,19,22)(H,20,21)/t9-/m1/s1. The molecule has 2 amide bonds. The lowest BCUT2D eigenvalue weighted by Crippen LogP contribution is -2.53. The maximum Gasteiger partial charge on any atom is 0.416 e. The molecule has 0 radical (unpaired) electrons. The van der Waals surface area contributed by atoms with Gasteiger partial charge in [-0.25, -0.2) is 0 Å². The Bertz CT molecular complexity index is 551. The minimum absolute atomic E-state index is 0.0437. The van der Waals surface area contributed by atoms with Gasteiger partial charge in [-0.2, -0.15) is 13.2 Å². The van der Waals surface area contributed by atoms with E-state index in [1.807, 2.05) is 0 Å².